The lowest BCUT2D eigenvalue weighted by Gasteiger charge is -2.14. The highest BCUT2D eigenvalue weighted by Crippen LogP contribution is 2.47. The van der Waals surface area contributed by atoms with Gasteiger partial charge in [0.1, 0.15) is 11.2 Å². The summed E-state index contributed by atoms with van der Waals surface area (Å²) in [5, 5.41) is 9.87. The van der Waals surface area contributed by atoms with E-state index >= 15 is 0 Å². The molecule has 58 heavy (non-hydrogen) atoms. The first-order valence-electron chi connectivity index (χ1n) is 20.1. The van der Waals surface area contributed by atoms with Crippen molar-refractivity contribution >= 4 is 103 Å². The van der Waals surface area contributed by atoms with Gasteiger partial charge in [-0.1, -0.05) is 127 Å². The molecule has 0 atom stereocenters. The van der Waals surface area contributed by atoms with Crippen LogP contribution in [0.4, 0.5) is 0 Å². The van der Waals surface area contributed by atoms with Gasteiger partial charge >= 0.3 is 0 Å². The number of fused-ring (bicyclic) bond motifs is 12. The Bertz CT molecular complexity index is 3750. The van der Waals surface area contributed by atoms with Crippen LogP contribution < -0.4 is 0 Å². The van der Waals surface area contributed by atoms with Crippen molar-refractivity contribution in [2.24, 2.45) is 0 Å². The van der Waals surface area contributed by atoms with Crippen molar-refractivity contribution in [2.75, 3.05) is 0 Å². The van der Waals surface area contributed by atoms with Gasteiger partial charge in [-0.2, -0.15) is 0 Å². The second-order valence-corrected chi connectivity index (χ2v) is 16.5. The molecule has 0 aliphatic heterocycles. The smallest absolute Gasteiger partial charge is 0.143 e. The van der Waals surface area contributed by atoms with Crippen LogP contribution in [0.25, 0.3) is 119 Å². The summed E-state index contributed by atoms with van der Waals surface area (Å²) in [7, 11) is 0. The van der Waals surface area contributed by atoms with Gasteiger partial charge in [0.15, 0.2) is 0 Å². The molecule has 3 nitrogen and oxygen atoms in total. The quantitative estimate of drug-likeness (QED) is 0.175. The van der Waals surface area contributed by atoms with Crippen molar-refractivity contribution in [1.82, 2.24) is 9.13 Å². The third-order valence-corrected chi connectivity index (χ3v) is 13.6. The summed E-state index contributed by atoms with van der Waals surface area (Å²) < 4.78 is 14.2. The molecule has 272 valence electrons. The summed E-state index contributed by atoms with van der Waals surface area (Å²) in [6, 6.07) is 60.2. The van der Waals surface area contributed by atoms with Crippen molar-refractivity contribution in [3.63, 3.8) is 0 Å². The Hall–Kier alpha value is -7.14. The fraction of sp³-hybridized carbons (Fsp3) is 0.0370. The normalized spacial score (nSPS) is 13.4. The van der Waals surface area contributed by atoms with E-state index < -0.39 is 0 Å². The van der Waals surface area contributed by atoms with Crippen LogP contribution in [0.2, 0.25) is 0 Å². The number of aromatic nitrogens is 2. The van der Waals surface area contributed by atoms with E-state index in [1.54, 1.807) is 0 Å². The molecule has 0 saturated heterocycles. The van der Waals surface area contributed by atoms with Crippen LogP contribution in [0, 0.1) is 0 Å². The Kier molecular flexibility index (Phi) is 6.72. The fourth-order valence-corrected chi connectivity index (χ4v) is 11.0. The summed E-state index contributed by atoms with van der Waals surface area (Å²) in [4.78, 5) is 0. The summed E-state index contributed by atoms with van der Waals surface area (Å²) in [6.07, 6.45) is 9.11. The van der Waals surface area contributed by atoms with E-state index in [9.17, 15) is 0 Å². The van der Waals surface area contributed by atoms with E-state index in [0.717, 1.165) is 46.0 Å². The minimum Gasteiger partial charge on any atom is -0.455 e. The zero-order valence-electron chi connectivity index (χ0n) is 31.4. The third-order valence-electron chi connectivity index (χ3n) is 12.3. The summed E-state index contributed by atoms with van der Waals surface area (Å²) in [5.74, 6) is 0. The number of thiophene rings is 1. The molecule has 0 N–H and O–H groups in total. The Labute approximate surface area is 337 Å². The maximum atomic E-state index is 6.68. The number of hydrogen-bond donors (Lipinski definition) is 0. The van der Waals surface area contributed by atoms with Crippen molar-refractivity contribution in [1.29, 1.82) is 0 Å². The molecule has 8 aromatic carbocycles. The van der Waals surface area contributed by atoms with Gasteiger partial charge < -0.3 is 13.6 Å². The third kappa shape index (κ3) is 4.49. The Morgan fingerprint density at radius 1 is 0.466 bits per heavy atom. The number of para-hydroxylation sites is 4. The molecule has 0 fully saturated rings. The van der Waals surface area contributed by atoms with Gasteiger partial charge in [-0.3, -0.25) is 0 Å². The van der Waals surface area contributed by atoms with Gasteiger partial charge in [-0.25, -0.2) is 0 Å². The van der Waals surface area contributed by atoms with E-state index in [-0.39, 0.29) is 0 Å². The molecular weight excluding hydrogens is 725 g/mol. The first-order chi connectivity index (χ1) is 28.8. The van der Waals surface area contributed by atoms with Crippen LogP contribution in [-0.2, 0) is 0 Å². The van der Waals surface area contributed by atoms with E-state index in [0.29, 0.717) is 0 Å². The molecule has 1 aliphatic rings. The number of furan rings is 1. The summed E-state index contributed by atoms with van der Waals surface area (Å²) >= 11 is 1.86. The highest BCUT2D eigenvalue weighted by atomic mass is 32.1. The van der Waals surface area contributed by atoms with E-state index in [1.165, 1.54) is 86.2 Å². The lowest BCUT2D eigenvalue weighted by Crippen LogP contribution is -1.97. The van der Waals surface area contributed by atoms with Gasteiger partial charge in [0.2, 0.25) is 0 Å². The molecule has 0 unspecified atom stereocenters. The highest BCUT2D eigenvalue weighted by molar-refractivity contribution is 7.26. The van der Waals surface area contributed by atoms with E-state index in [2.05, 4.69) is 191 Å². The van der Waals surface area contributed by atoms with Gasteiger partial charge in [-0.05, 0) is 78.6 Å². The molecule has 12 aromatic rings. The molecule has 4 aromatic heterocycles. The zero-order valence-corrected chi connectivity index (χ0v) is 32.3. The standard InChI is InChI=1S/C54H34N2OS/c1-2-14-34(15-3-1)55-46-23-8-4-16-37(46)38-29-28-33(30-49(38)55)36-20-13-25-48-52(36)43-19-5-9-24-47(43)56(48)35-31-44-40-18-7-11-27-51(40)58-54(44)45(32-35)42-22-12-21-41-39-17-6-10-26-50(39)57-53(41)42/h2,4-32H,1,3H2. The number of hydrogen-bond acceptors (Lipinski definition) is 2. The Balaban J connectivity index is 1.09. The van der Waals surface area contributed by atoms with Crippen LogP contribution in [0.15, 0.2) is 186 Å². The van der Waals surface area contributed by atoms with Gasteiger partial charge in [-0.15, -0.1) is 11.3 Å². The molecule has 0 amide bonds. The second kappa shape index (κ2) is 12.2. The van der Waals surface area contributed by atoms with Gasteiger partial charge in [0.05, 0.1) is 22.1 Å². The molecule has 0 spiro atoms. The summed E-state index contributed by atoms with van der Waals surface area (Å²) in [5.41, 5.74) is 13.8. The van der Waals surface area contributed by atoms with Gasteiger partial charge in [0.25, 0.3) is 0 Å². The molecule has 1 aliphatic carbocycles. The maximum absolute atomic E-state index is 6.68. The van der Waals surface area contributed by atoms with Gasteiger partial charge in [0, 0.05) is 75.0 Å². The van der Waals surface area contributed by atoms with Crippen LogP contribution in [0.5, 0.6) is 0 Å². The lowest BCUT2D eigenvalue weighted by atomic mass is 9.98. The molecule has 13 rings (SSSR count). The average Bonchev–Trinajstić information content (AvgIpc) is 4.04. The molecule has 4 heterocycles. The Morgan fingerprint density at radius 2 is 1.17 bits per heavy atom. The fourth-order valence-electron chi connectivity index (χ4n) is 9.82. The van der Waals surface area contributed by atoms with Crippen molar-refractivity contribution in [2.45, 2.75) is 12.8 Å². The molecule has 0 radical (unpaired) electrons. The zero-order chi connectivity index (χ0) is 37.9. The van der Waals surface area contributed by atoms with Crippen molar-refractivity contribution in [3.8, 4) is 27.9 Å². The van der Waals surface area contributed by atoms with Crippen LogP contribution in [0.3, 0.4) is 0 Å². The predicted octanol–water partition coefficient (Wildman–Crippen LogP) is 15.7. The SMILES string of the molecule is C1=CC(n2c3ccccc3c3ccc(-c4cccc5c4c4ccccc4n5-c4cc(-c5cccc6c5oc5ccccc56)c5sc6ccccc6c5c4)cc32)=CCC1. The maximum Gasteiger partial charge on any atom is 0.143 e. The average molecular weight is 759 g/mol. The molecular formula is C54H34N2OS. The van der Waals surface area contributed by atoms with Crippen molar-refractivity contribution in [3.05, 3.63) is 182 Å². The highest BCUT2D eigenvalue weighted by Gasteiger charge is 2.22. The minimum absolute atomic E-state index is 0.911. The van der Waals surface area contributed by atoms with Crippen LogP contribution >= 0.6 is 11.3 Å². The first kappa shape index (κ1) is 32.0. The monoisotopic (exact) mass is 758 g/mol. The number of rotatable bonds is 4. The largest absolute Gasteiger partial charge is 0.455 e. The molecule has 0 saturated carbocycles. The molecule has 4 heteroatoms. The van der Waals surface area contributed by atoms with E-state index in [4.69, 9.17) is 4.42 Å². The number of nitrogens with zero attached hydrogens (tertiary/aromatic N) is 2. The minimum atomic E-state index is 0.911. The Morgan fingerprint density at radius 3 is 2.05 bits per heavy atom. The van der Waals surface area contributed by atoms with Crippen molar-refractivity contribution < 1.29 is 4.42 Å². The molecule has 0 bridgehead atoms. The first-order valence-corrected chi connectivity index (χ1v) is 20.9. The topological polar surface area (TPSA) is 23.0 Å². The van der Waals surface area contributed by atoms with Crippen LogP contribution in [-0.4, -0.2) is 9.13 Å². The summed E-state index contributed by atoms with van der Waals surface area (Å²) in [6.45, 7) is 0. The lowest BCUT2D eigenvalue weighted by molar-refractivity contribution is 0.670. The second-order valence-electron chi connectivity index (χ2n) is 15.5. The van der Waals surface area contributed by atoms with E-state index in [1.807, 2.05) is 11.3 Å². The number of allylic oxidation sites excluding steroid dienone is 4. The predicted molar refractivity (Wildman–Crippen MR) is 247 cm³/mol. The van der Waals surface area contributed by atoms with Crippen LogP contribution in [0.1, 0.15) is 12.8 Å². The number of benzene rings is 8.